The van der Waals surface area contributed by atoms with Crippen molar-refractivity contribution in [1.82, 2.24) is 4.98 Å². The zero-order valence-corrected chi connectivity index (χ0v) is 11.7. The van der Waals surface area contributed by atoms with Crippen LogP contribution in [0.2, 0.25) is 0 Å². The van der Waals surface area contributed by atoms with E-state index in [-0.39, 0.29) is 16.7 Å². The molecule has 0 saturated carbocycles. The van der Waals surface area contributed by atoms with E-state index in [2.05, 4.69) is 9.88 Å². The number of nitrogens with zero attached hydrogens (tertiary/aromatic N) is 3. The number of nitro benzene ring substituents is 1. The Morgan fingerprint density at radius 2 is 2.24 bits per heavy atom. The summed E-state index contributed by atoms with van der Waals surface area (Å²) in [5.41, 5.74) is 7.62. The van der Waals surface area contributed by atoms with Crippen molar-refractivity contribution in [3.05, 3.63) is 40.6 Å². The molecule has 1 aromatic heterocycles. The summed E-state index contributed by atoms with van der Waals surface area (Å²) in [6, 6.07) is 7.15. The zero-order valence-electron chi connectivity index (χ0n) is 11.7. The predicted molar refractivity (Wildman–Crippen MR) is 82.4 cm³/mol. The number of non-ortho nitro benzene ring substituents is 1. The van der Waals surface area contributed by atoms with Crippen molar-refractivity contribution in [2.45, 2.75) is 25.3 Å². The minimum absolute atomic E-state index is 0.100. The number of rotatable bonds is 3. The van der Waals surface area contributed by atoms with Gasteiger partial charge in [0.1, 0.15) is 5.52 Å². The van der Waals surface area contributed by atoms with E-state index in [4.69, 9.17) is 5.73 Å². The number of hydrogen-bond acceptors (Lipinski definition) is 5. The Balaban J connectivity index is 2.15. The Bertz CT molecular complexity index is 674. The van der Waals surface area contributed by atoms with Crippen molar-refractivity contribution in [3.63, 3.8) is 0 Å². The van der Waals surface area contributed by atoms with Crippen molar-refractivity contribution in [2.24, 2.45) is 5.73 Å². The summed E-state index contributed by atoms with van der Waals surface area (Å²) in [5, 5.41) is 11.8. The average Bonchev–Trinajstić information content (AvgIpc) is 2.53. The summed E-state index contributed by atoms with van der Waals surface area (Å²) < 4.78 is 0. The fourth-order valence-electron chi connectivity index (χ4n) is 3.10. The molecule has 3 rings (SSSR count). The number of benzene rings is 1. The molecule has 6 heteroatoms. The fraction of sp³-hybridized carbons (Fsp3) is 0.400. The van der Waals surface area contributed by atoms with E-state index in [0.717, 1.165) is 25.1 Å². The Kier molecular flexibility index (Phi) is 3.70. The third-order valence-electron chi connectivity index (χ3n) is 4.13. The van der Waals surface area contributed by atoms with Crippen LogP contribution in [0.5, 0.6) is 0 Å². The maximum Gasteiger partial charge on any atom is 0.278 e. The quantitative estimate of drug-likeness (QED) is 0.692. The van der Waals surface area contributed by atoms with Crippen LogP contribution in [0.15, 0.2) is 30.5 Å². The van der Waals surface area contributed by atoms with E-state index in [1.807, 2.05) is 0 Å². The lowest BCUT2D eigenvalue weighted by atomic mass is 10.00. The molecule has 1 fully saturated rings. The maximum atomic E-state index is 11.2. The van der Waals surface area contributed by atoms with Gasteiger partial charge < -0.3 is 10.6 Å². The van der Waals surface area contributed by atoms with E-state index in [9.17, 15) is 10.1 Å². The molecule has 0 radical (unpaired) electrons. The highest BCUT2D eigenvalue weighted by atomic mass is 16.6. The Hall–Kier alpha value is -2.21. The molecule has 1 saturated heterocycles. The summed E-state index contributed by atoms with van der Waals surface area (Å²) in [6.07, 6.45) is 5.03. The first-order valence-electron chi connectivity index (χ1n) is 7.21. The first-order valence-corrected chi connectivity index (χ1v) is 7.21. The van der Waals surface area contributed by atoms with E-state index in [0.29, 0.717) is 17.4 Å². The van der Waals surface area contributed by atoms with Crippen molar-refractivity contribution < 1.29 is 4.92 Å². The van der Waals surface area contributed by atoms with Crippen LogP contribution in [0.25, 0.3) is 10.9 Å². The topological polar surface area (TPSA) is 85.3 Å². The molecule has 0 spiro atoms. The molecule has 21 heavy (non-hydrogen) atoms. The third-order valence-corrected chi connectivity index (χ3v) is 4.13. The van der Waals surface area contributed by atoms with E-state index in [1.54, 1.807) is 30.5 Å². The lowest BCUT2D eigenvalue weighted by molar-refractivity contribution is -0.383. The van der Waals surface area contributed by atoms with Gasteiger partial charge in [-0.1, -0.05) is 0 Å². The van der Waals surface area contributed by atoms with E-state index >= 15 is 0 Å². The van der Waals surface area contributed by atoms with Gasteiger partial charge in [-0.25, -0.2) is 0 Å². The summed E-state index contributed by atoms with van der Waals surface area (Å²) in [5.74, 6) is 0. The molecule has 6 nitrogen and oxygen atoms in total. The molecule has 0 amide bonds. The normalized spacial score (nSPS) is 18.9. The van der Waals surface area contributed by atoms with Crippen LogP contribution >= 0.6 is 0 Å². The van der Waals surface area contributed by atoms with Crippen LogP contribution < -0.4 is 10.6 Å². The molecular formula is C15H18N4O2. The molecule has 110 valence electrons. The smallest absolute Gasteiger partial charge is 0.278 e. The second-order valence-corrected chi connectivity index (χ2v) is 5.34. The molecule has 0 bridgehead atoms. The summed E-state index contributed by atoms with van der Waals surface area (Å²) in [7, 11) is 0. The highest BCUT2D eigenvalue weighted by Crippen LogP contribution is 2.34. The molecule has 1 unspecified atom stereocenters. The molecule has 1 atom stereocenters. The van der Waals surface area contributed by atoms with Gasteiger partial charge in [0.15, 0.2) is 0 Å². The minimum atomic E-state index is -0.357. The lowest BCUT2D eigenvalue weighted by Crippen LogP contribution is -2.44. The number of anilines is 1. The third kappa shape index (κ3) is 2.42. The molecule has 1 aliphatic heterocycles. The molecule has 2 N–H and O–H groups in total. The van der Waals surface area contributed by atoms with Gasteiger partial charge in [-0.2, -0.15) is 0 Å². The van der Waals surface area contributed by atoms with Crippen molar-refractivity contribution >= 4 is 22.3 Å². The summed E-state index contributed by atoms with van der Waals surface area (Å²) >= 11 is 0. The average molecular weight is 286 g/mol. The van der Waals surface area contributed by atoms with Gasteiger partial charge in [0.25, 0.3) is 5.69 Å². The highest BCUT2D eigenvalue weighted by Gasteiger charge is 2.25. The number of nitrogens with two attached hydrogens (primary N) is 1. The number of piperidine rings is 1. The minimum Gasteiger partial charge on any atom is -0.366 e. The second kappa shape index (κ2) is 5.65. The van der Waals surface area contributed by atoms with Gasteiger partial charge in [-0.05, 0) is 37.5 Å². The fourth-order valence-corrected chi connectivity index (χ4v) is 3.10. The van der Waals surface area contributed by atoms with Gasteiger partial charge >= 0.3 is 0 Å². The van der Waals surface area contributed by atoms with Gasteiger partial charge in [-0.3, -0.25) is 15.1 Å². The number of nitro groups is 1. The SMILES string of the molecule is NCC1CCCCN1c1ccc([N+](=O)[O-])c2cccnc12. The summed E-state index contributed by atoms with van der Waals surface area (Å²) in [4.78, 5) is 17.4. The molecule has 2 aromatic rings. The highest BCUT2D eigenvalue weighted by molar-refractivity contribution is 5.97. The number of aromatic nitrogens is 1. The van der Waals surface area contributed by atoms with Crippen LogP contribution in [0.1, 0.15) is 19.3 Å². The van der Waals surface area contributed by atoms with Gasteiger partial charge in [-0.15, -0.1) is 0 Å². The maximum absolute atomic E-state index is 11.2. The van der Waals surface area contributed by atoms with Gasteiger partial charge in [0.2, 0.25) is 0 Å². The van der Waals surface area contributed by atoms with E-state index in [1.165, 1.54) is 6.42 Å². The van der Waals surface area contributed by atoms with Gasteiger partial charge in [0, 0.05) is 31.4 Å². The molecule has 2 heterocycles. The monoisotopic (exact) mass is 286 g/mol. The van der Waals surface area contributed by atoms with E-state index < -0.39 is 0 Å². The molecule has 1 aromatic carbocycles. The predicted octanol–water partition coefficient (Wildman–Crippen LogP) is 2.46. The van der Waals surface area contributed by atoms with Crippen LogP contribution in [0, 0.1) is 10.1 Å². The molecule has 0 aliphatic carbocycles. The first kappa shape index (κ1) is 13.8. The van der Waals surface area contributed by atoms with Crippen LogP contribution in [0.4, 0.5) is 11.4 Å². The number of hydrogen-bond donors (Lipinski definition) is 1. The first-order chi connectivity index (χ1) is 10.2. The van der Waals surface area contributed by atoms with Crippen molar-refractivity contribution in [2.75, 3.05) is 18.0 Å². The van der Waals surface area contributed by atoms with Crippen molar-refractivity contribution in [1.29, 1.82) is 0 Å². The Morgan fingerprint density at radius 1 is 1.38 bits per heavy atom. The van der Waals surface area contributed by atoms with Crippen LogP contribution in [0.3, 0.4) is 0 Å². The van der Waals surface area contributed by atoms with Crippen LogP contribution in [-0.2, 0) is 0 Å². The standard InChI is InChI=1S/C15H18N4O2/c16-10-11-4-1-2-9-18(11)14-7-6-13(19(20)21)12-5-3-8-17-15(12)14/h3,5-8,11H,1-2,4,9-10,16H2. The molecular weight excluding hydrogens is 268 g/mol. The van der Waals surface area contributed by atoms with Crippen molar-refractivity contribution in [3.8, 4) is 0 Å². The Labute approximate surface area is 122 Å². The van der Waals surface area contributed by atoms with Gasteiger partial charge in [0.05, 0.1) is 16.0 Å². The lowest BCUT2D eigenvalue weighted by Gasteiger charge is -2.37. The molecule has 1 aliphatic rings. The second-order valence-electron chi connectivity index (χ2n) is 5.34. The largest absolute Gasteiger partial charge is 0.366 e. The zero-order chi connectivity index (χ0) is 14.8. The number of pyridine rings is 1. The summed E-state index contributed by atoms with van der Waals surface area (Å²) in [6.45, 7) is 1.51. The number of fused-ring (bicyclic) bond motifs is 1. The Morgan fingerprint density at radius 3 is 3.00 bits per heavy atom. The van der Waals surface area contributed by atoms with Crippen LogP contribution in [-0.4, -0.2) is 29.0 Å².